The number of hydrogen-bond acceptors (Lipinski definition) is 5. The molecule has 3 heterocycles. The van der Waals surface area contributed by atoms with E-state index in [0.29, 0.717) is 0 Å². The van der Waals surface area contributed by atoms with Gasteiger partial charge in [0.05, 0.1) is 0 Å². The molecule has 0 radical (unpaired) electrons. The van der Waals surface area contributed by atoms with Gasteiger partial charge in [-0.1, -0.05) is 11.8 Å². The second kappa shape index (κ2) is 8.81. The summed E-state index contributed by atoms with van der Waals surface area (Å²) in [7, 11) is 1.98. The Morgan fingerprint density at radius 2 is 1.96 bits per heavy atom. The molecule has 0 saturated carbocycles. The molecule has 0 spiro atoms. The fraction of sp³-hybridized carbons (Fsp3) is 0.300. The van der Waals surface area contributed by atoms with Crippen LogP contribution in [0.4, 0.5) is 10.5 Å². The number of piperazine rings is 1. The highest BCUT2D eigenvalue weighted by Crippen LogP contribution is 2.26. The van der Waals surface area contributed by atoms with E-state index in [1.807, 2.05) is 47.0 Å². The van der Waals surface area contributed by atoms with Crippen LogP contribution in [-0.2, 0) is 13.6 Å². The van der Waals surface area contributed by atoms with Gasteiger partial charge in [0, 0.05) is 62.7 Å². The van der Waals surface area contributed by atoms with E-state index < -0.39 is 0 Å². The summed E-state index contributed by atoms with van der Waals surface area (Å²) in [4.78, 5) is 22.3. The van der Waals surface area contributed by atoms with Crippen LogP contribution in [-0.4, -0.2) is 51.6 Å². The molecule has 1 fully saturated rings. The number of anilines is 1. The molecule has 8 heteroatoms. The van der Waals surface area contributed by atoms with E-state index in [-0.39, 0.29) is 6.03 Å². The molecule has 1 aliphatic rings. The monoisotopic (exact) mass is 413 g/mol. The number of aryl methyl sites for hydroxylation is 1. The summed E-state index contributed by atoms with van der Waals surface area (Å²) in [6, 6.07) is 10.0. The molecule has 6 nitrogen and oxygen atoms in total. The van der Waals surface area contributed by atoms with E-state index in [9.17, 15) is 4.79 Å². The van der Waals surface area contributed by atoms with Gasteiger partial charge in [-0.25, -0.2) is 9.78 Å². The Balaban J connectivity index is 1.26. The van der Waals surface area contributed by atoms with Crippen molar-refractivity contribution >= 4 is 34.8 Å². The van der Waals surface area contributed by atoms with Crippen LogP contribution >= 0.6 is 23.1 Å². The van der Waals surface area contributed by atoms with E-state index >= 15 is 0 Å². The first-order chi connectivity index (χ1) is 13.7. The molecule has 0 bridgehead atoms. The summed E-state index contributed by atoms with van der Waals surface area (Å²) in [5.74, 6) is 0. The first-order valence-electron chi connectivity index (χ1n) is 9.22. The lowest BCUT2D eigenvalue weighted by molar-refractivity contribution is 0.143. The lowest BCUT2D eigenvalue weighted by Crippen LogP contribution is -2.49. The molecule has 4 rings (SSSR count). The number of benzene rings is 1. The first kappa shape index (κ1) is 19.0. The Morgan fingerprint density at radius 1 is 1.18 bits per heavy atom. The first-order valence-corrected chi connectivity index (χ1v) is 11.0. The highest BCUT2D eigenvalue weighted by Gasteiger charge is 2.21. The maximum Gasteiger partial charge on any atom is 0.321 e. The van der Waals surface area contributed by atoms with Gasteiger partial charge in [-0.3, -0.25) is 4.90 Å². The number of imidazole rings is 1. The van der Waals surface area contributed by atoms with Gasteiger partial charge in [0.2, 0.25) is 0 Å². The third-order valence-corrected chi connectivity index (χ3v) is 6.55. The number of hydrogen-bond donors (Lipinski definition) is 1. The van der Waals surface area contributed by atoms with Gasteiger partial charge in [0.1, 0.15) is 0 Å². The second-order valence-electron chi connectivity index (χ2n) is 6.77. The molecule has 1 saturated heterocycles. The molecule has 1 aliphatic heterocycles. The molecule has 0 aliphatic carbocycles. The number of amides is 2. The summed E-state index contributed by atoms with van der Waals surface area (Å²) in [5.41, 5.74) is 2.17. The zero-order valence-electron chi connectivity index (χ0n) is 15.7. The highest BCUT2D eigenvalue weighted by atomic mass is 32.2. The van der Waals surface area contributed by atoms with Gasteiger partial charge in [0.25, 0.3) is 0 Å². The Morgan fingerprint density at radius 3 is 2.61 bits per heavy atom. The highest BCUT2D eigenvalue weighted by molar-refractivity contribution is 7.99. The maximum absolute atomic E-state index is 12.6. The summed E-state index contributed by atoms with van der Waals surface area (Å²) < 4.78 is 1.98. The van der Waals surface area contributed by atoms with Crippen LogP contribution in [0, 0.1) is 0 Å². The van der Waals surface area contributed by atoms with Crippen molar-refractivity contribution in [3.8, 4) is 0 Å². The quantitative estimate of drug-likeness (QED) is 0.687. The standard InChI is InChI=1S/C20H23N5OS2/c1-23-8-7-21-20(23)28-18-4-2-17(3-5-18)22-19(26)25-11-9-24(10-12-25)14-16-6-13-27-15-16/h2-8,13,15H,9-12,14H2,1H3,(H,22,26). The minimum Gasteiger partial charge on any atom is -0.329 e. The minimum absolute atomic E-state index is 0.0281. The molecular formula is C20H23N5OS2. The molecular weight excluding hydrogens is 390 g/mol. The molecule has 3 aromatic rings. The zero-order chi connectivity index (χ0) is 19.3. The molecule has 1 N–H and O–H groups in total. The van der Waals surface area contributed by atoms with Gasteiger partial charge >= 0.3 is 6.03 Å². The smallest absolute Gasteiger partial charge is 0.321 e. The van der Waals surface area contributed by atoms with Crippen molar-refractivity contribution in [2.24, 2.45) is 7.05 Å². The van der Waals surface area contributed by atoms with E-state index in [1.165, 1.54) is 5.56 Å². The topological polar surface area (TPSA) is 53.4 Å². The third-order valence-electron chi connectivity index (χ3n) is 4.74. The van der Waals surface area contributed by atoms with Crippen molar-refractivity contribution in [1.82, 2.24) is 19.4 Å². The average Bonchev–Trinajstić information content (AvgIpc) is 3.36. The van der Waals surface area contributed by atoms with Crippen molar-refractivity contribution in [2.75, 3.05) is 31.5 Å². The molecule has 2 amide bonds. The Labute approximate surface area is 173 Å². The number of nitrogens with zero attached hydrogens (tertiary/aromatic N) is 4. The lowest BCUT2D eigenvalue weighted by atomic mass is 10.2. The number of nitrogens with one attached hydrogen (secondary N) is 1. The van der Waals surface area contributed by atoms with E-state index in [2.05, 4.69) is 32.0 Å². The largest absolute Gasteiger partial charge is 0.329 e. The van der Waals surface area contributed by atoms with E-state index in [1.54, 1.807) is 29.3 Å². The maximum atomic E-state index is 12.6. The van der Waals surface area contributed by atoms with Crippen LogP contribution in [0.15, 0.2) is 63.5 Å². The van der Waals surface area contributed by atoms with Crippen molar-refractivity contribution in [3.63, 3.8) is 0 Å². The Hall–Kier alpha value is -2.29. The van der Waals surface area contributed by atoms with E-state index in [4.69, 9.17) is 0 Å². The van der Waals surface area contributed by atoms with E-state index in [0.717, 1.165) is 48.5 Å². The van der Waals surface area contributed by atoms with Crippen molar-refractivity contribution < 1.29 is 4.79 Å². The van der Waals surface area contributed by atoms with Gasteiger partial charge in [-0.05, 0) is 46.7 Å². The molecule has 2 aromatic heterocycles. The van der Waals surface area contributed by atoms with Crippen molar-refractivity contribution in [2.45, 2.75) is 16.6 Å². The normalized spacial score (nSPS) is 15.0. The zero-order valence-corrected chi connectivity index (χ0v) is 17.4. The minimum atomic E-state index is -0.0281. The van der Waals surface area contributed by atoms with Crippen LogP contribution in [0.25, 0.3) is 0 Å². The number of rotatable bonds is 5. The summed E-state index contributed by atoms with van der Waals surface area (Å²) in [6.07, 6.45) is 3.72. The van der Waals surface area contributed by atoms with Gasteiger partial charge in [0.15, 0.2) is 5.16 Å². The number of urea groups is 1. The van der Waals surface area contributed by atoms with Crippen molar-refractivity contribution in [1.29, 1.82) is 0 Å². The van der Waals surface area contributed by atoms with Crippen LogP contribution in [0.2, 0.25) is 0 Å². The predicted octanol–water partition coefficient (Wildman–Crippen LogP) is 3.98. The van der Waals surface area contributed by atoms with Gasteiger partial charge in [-0.2, -0.15) is 11.3 Å². The molecule has 1 aromatic carbocycles. The van der Waals surface area contributed by atoms with Crippen LogP contribution in [0.3, 0.4) is 0 Å². The fourth-order valence-electron chi connectivity index (χ4n) is 3.11. The number of thiophene rings is 1. The molecule has 146 valence electrons. The fourth-order valence-corrected chi connectivity index (χ4v) is 4.58. The SMILES string of the molecule is Cn1ccnc1Sc1ccc(NC(=O)N2CCN(Cc3ccsc3)CC2)cc1. The summed E-state index contributed by atoms with van der Waals surface area (Å²) in [5, 5.41) is 8.25. The number of aromatic nitrogens is 2. The molecule has 28 heavy (non-hydrogen) atoms. The second-order valence-corrected chi connectivity index (χ2v) is 8.59. The summed E-state index contributed by atoms with van der Waals surface area (Å²) in [6.45, 7) is 4.28. The average molecular weight is 414 g/mol. The number of carbonyl (C=O) groups excluding carboxylic acids is 1. The van der Waals surface area contributed by atoms with Gasteiger partial charge < -0.3 is 14.8 Å². The van der Waals surface area contributed by atoms with Crippen LogP contribution in [0.1, 0.15) is 5.56 Å². The molecule has 0 atom stereocenters. The Kier molecular flexibility index (Phi) is 5.99. The van der Waals surface area contributed by atoms with Crippen molar-refractivity contribution in [3.05, 3.63) is 59.0 Å². The molecule has 0 unspecified atom stereocenters. The third kappa shape index (κ3) is 4.76. The predicted molar refractivity (Wildman–Crippen MR) is 114 cm³/mol. The summed E-state index contributed by atoms with van der Waals surface area (Å²) >= 11 is 3.33. The van der Waals surface area contributed by atoms with Crippen LogP contribution in [0.5, 0.6) is 0 Å². The Bertz CT molecular complexity index is 899. The lowest BCUT2D eigenvalue weighted by Gasteiger charge is -2.34. The number of carbonyl (C=O) groups is 1. The van der Waals surface area contributed by atoms with Gasteiger partial charge in [-0.15, -0.1) is 0 Å². The van der Waals surface area contributed by atoms with Crippen LogP contribution < -0.4 is 5.32 Å².